The van der Waals surface area contributed by atoms with E-state index in [1.165, 1.54) is 48.5 Å². The fourth-order valence-electron chi connectivity index (χ4n) is 2.20. The van der Waals surface area contributed by atoms with Crippen LogP contribution >= 0.6 is 11.6 Å². The van der Waals surface area contributed by atoms with E-state index in [2.05, 4.69) is 4.99 Å². The zero-order valence-electron chi connectivity index (χ0n) is 12.8. The highest BCUT2D eigenvalue weighted by Crippen LogP contribution is 2.27. The van der Waals surface area contributed by atoms with Gasteiger partial charge in [-0.2, -0.15) is 0 Å². The Morgan fingerprint density at radius 1 is 1.08 bits per heavy atom. The molecule has 1 heterocycles. The first kappa shape index (κ1) is 17.2. The molecule has 0 radical (unpaired) electrons. The van der Waals surface area contributed by atoms with E-state index in [0.717, 1.165) is 0 Å². The summed E-state index contributed by atoms with van der Waals surface area (Å²) in [6.45, 7) is 0. The first-order chi connectivity index (χ1) is 12.3. The quantitative estimate of drug-likeness (QED) is 0.349. The van der Waals surface area contributed by atoms with Crippen LogP contribution in [0.25, 0.3) is 6.08 Å². The van der Waals surface area contributed by atoms with Crippen LogP contribution in [0.2, 0.25) is 5.02 Å². The minimum Gasteiger partial charge on any atom is -0.402 e. The monoisotopic (exact) mass is 373 g/mol. The molecular formula is C16H8ClN3O6. The Balaban J connectivity index is 1.97. The normalized spacial score (nSPS) is 14.9. The van der Waals surface area contributed by atoms with Gasteiger partial charge in [0.1, 0.15) is 5.02 Å². The SMILES string of the molecule is O=C1OC(c2cccc([N+](=O)[O-])c2)=N/C1=C\c1ccc(Cl)c([N+](=O)[O-])c1. The van der Waals surface area contributed by atoms with Crippen LogP contribution in [0.5, 0.6) is 0 Å². The zero-order chi connectivity index (χ0) is 18.8. The van der Waals surface area contributed by atoms with Crippen LogP contribution in [0.3, 0.4) is 0 Å². The van der Waals surface area contributed by atoms with Crippen LogP contribution < -0.4 is 0 Å². The molecule has 130 valence electrons. The van der Waals surface area contributed by atoms with Crippen molar-refractivity contribution in [1.29, 1.82) is 0 Å². The number of halogens is 1. The molecule has 0 aromatic heterocycles. The fraction of sp³-hybridized carbons (Fsp3) is 0. The van der Waals surface area contributed by atoms with Gasteiger partial charge in [-0.1, -0.05) is 23.7 Å². The lowest BCUT2D eigenvalue weighted by atomic mass is 10.1. The minimum atomic E-state index is -0.774. The van der Waals surface area contributed by atoms with E-state index in [9.17, 15) is 25.0 Å². The number of nitro groups is 2. The van der Waals surface area contributed by atoms with Gasteiger partial charge in [-0.15, -0.1) is 0 Å². The lowest BCUT2D eigenvalue weighted by Crippen LogP contribution is -2.05. The highest BCUT2D eigenvalue weighted by molar-refractivity contribution is 6.32. The number of hydrogen-bond acceptors (Lipinski definition) is 7. The molecule has 0 amide bonds. The molecule has 0 fully saturated rings. The van der Waals surface area contributed by atoms with Crippen molar-refractivity contribution in [2.75, 3.05) is 0 Å². The Hall–Kier alpha value is -3.59. The number of ether oxygens (including phenoxy) is 1. The van der Waals surface area contributed by atoms with Crippen LogP contribution in [0, 0.1) is 20.2 Å². The summed E-state index contributed by atoms with van der Waals surface area (Å²) in [6.07, 6.45) is 1.30. The molecule has 0 saturated heterocycles. The van der Waals surface area contributed by atoms with E-state index in [1.54, 1.807) is 0 Å². The maximum Gasteiger partial charge on any atom is 0.363 e. The maximum atomic E-state index is 12.0. The van der Waals surface area contributed by atoms with Crippen molar-refractivity contribution in [3.05, 3.63) is 84.5 Å². The summed E-state index contributed by atoms with van der Waals surface area (Å²) in [5.41, 5.74) is 0.0144. The standard InChI is InChI=1S/C16H8ClN3O6/c17-12-5-4-9(7-14(12)20(24)25)6-13-16(21)26-15(18-13)10-2-1-3-11(8-10)19(22)23/h1-8H/b13-6-. The highest BCUT2D eigenvalue weighted by atomic mass is 35.5. The van der Waals surface area contributed by atoms with Crippen LogP contribution in [0.15, 0.2) is 53.2 Å². The van der Waals surface area contributed by atoms with E-state index in [-0.39, 0.29) is 33.6 Å². The number of cyclic esters (lactones) is 1. The van der Waals surface area contributed by atoms with Gasteiger partial charge in [-0.05, 0) is 23.8 Å². The first-order valence-electron chi connectivity index (χ1n) is 7.06. The number of nitro benzene ring substituents is 2. The Labute approximate surface area is 150 Å². The summed E-state index contributed by atoms with van der Waals surface area (Å²) >= 11 is 5.74. The zero-order valence-corrected chi connectivity index (χ0v) is 13.5. The molecule has 0 unspecified atom stereocenters. The Morgan fingerprint density at radius 3 is 2.54 bits per heavy atom. The average Bonchev–Trinajstić information content (AvgIpc) is 2.97. The van der Waals surface area contributed by atoms with Crippen LogP contribution in [-0.4, -0.2) is 21.7 Å². The predicted molar refractivity (Wildman–Crippen MR) is 91.8 cm³/mol. The number of rotatable bonds is 4. The Bertz CT molecular complexity index is 1010. The third kappa shape index (κ3) is 3.42. The fourth-order valence-corrected chi connectivity index (χ4v) is 2.39. The first-order valence-corrected chi connectivity index (χ1v) is 7.44. The molecule has 0 N–H and O–H groups in total. The molecule has 3 rings (SSSR count). The molecular weight excluding hydrogens is 366 g/mol. The van der Waals surface area contributed by atoms with Gasteiger partial charge < -0.3 is 4.74 Å². The summed E-state index contributed by atoms with van der Waals surface area (Å²) in [5.74, 6) is -0.863. The molecule has 9 nitrogen and oxygen atoms in total. The predicted octanol–water partition coefficient (Wildman–Crippen LogP) is 3.50. The number of esters is 1. The smallest absolute Gasteiger partial charge is 0.363 e. The van der Waals surface area contributed by atoms with Gasteiger partial charge in [-0.25, -0.2) is 9.79 Å². The van der Waals surface area contributed by atoms with Gasteiger partial charge >= 0.3 is 5.97 Å². The third-order valence-electron chi connectivity index (χ3n) is 3.39. The highest BCUT2D eigenvalue weighted by Gasteiger charge is 2.25. The van der Waals surface area contributed by atoms with Crippen molar-refractivity contribution in [3.8, 4) is 0 Å². The molecule has 0 aliphatic carbocycles. The molecule has 1 aliphatic heterocycles. The van der Waals surface area contributed by atoms with E-state index in [1.807, 2.05) is 0 Å². The molecule has 0 atom stereocenters. The van der Waals surface area contributed by atoms with Crippen molar-refractivity contribution < 1.29 is 19.4 Å². The topological polar surface area (TPSA) is 125 Å². The molecule has 0 spiro atoms. The summed E-state index contributed by atoms with van der Waals surface area (Å²) in [5, 5.41) is 21.7. The molecule has 26 heavy (non-hydrogen) atoms. The molecule has 10 heteroatoms. The van der Waals surface area contributed by atoms with E-state index < -0.39 is 15.8 Å². The van der Waals surface area contributed by atoms with Crippen LogP contribution in [0.1, 0.15) is 11.1 Å². The van der Waals surface area contributed by atoms with E-state index >= 15 is 0 Å². The van der Waals surface area contributed by atoms with Crippen molar-refractivity contribution in [2.45, 2.75) is 0 Å². The van der Waals surface area contributed by atoms with Crippen molar-refractivity contribution in [2.24, 2.45) is 4.99 Å². The summed E-state index contributed by atoms with van der Waals surface area (Å²) in [4.78, 5) is 36.5. The van der Waals surface area contributed by atoms with Crippen LogP contribution in [-0.2, 0) is 9.53 Å². The number of carbonyl (C=O) groups excluding carboxylic acids is 1. The van der Waals surface area contributed by atoms with Crippen molar-refractivity contribution in [1.82, 2.24) is 0 Å². The minimum absolute atomic E-state index is 0.0352. The molecule has 2 aromatic rings. The van der Waals surface area contributed by atoms with Gasteiger partial charge in [0.25, 0.3) is 11.4 Å². The number of aliphatic imine (C=N–C) groups is 1. The second-order valence-electron chi connectivity index (χ2n) is 5.11. The van der Waals surface area contributed by atoms with Gasteiger partial charge in [-0.3, -0.25) is 20.2 Å². The lowest BCUT2D eigenvalue weighted by molar-refractivity contribution is -0.385. The van der Waals surface area contributed by atoms with Gasteiger partial charge in [0.15, 0.2) is 5.70 Å². The largest absolute Gasteiger partial charge is 0.402 e. The number of nitrogens with zero attached hydrogens (tertiary/aromatic N) is 3. The van der Waals surface area contributed by atoms with E-state index in [0.29, 0.717) is 5.56 Å². The third-order valence-corrected chi connectivity index (χ3v) is 3.71. The van der Waals surface area contributed by atoms with Crippen LogP contribution in [0.4, 0.5) is 11.4 Å². The second kappa shape index (κ2) is 6.73. The number of benzene rings is 2. The Kier molecular flexibility index (Phi) is 4.46. The molecule has 1 aliphatic rings. The van der Waals surface area contributed by atoms with Crippen molar-refractivity contribution >= 4 is 40.9 Å². The summed E-state index contributed by atoms with van der Waals surface area (Å²) in [6, 6.07) is 9.48. The Morgan fingerprint density at radius 2 is 1.85 bits per heavy atom. The van der Waals surface area contributed by atoms with E-state index in [4.69, 9.17) is 16.3 Å². The van der Waals surface area contributed by atoms with Gasteiger partial charge in [0.2, 0.25) is 5.90 Å². The maximum absolute atomic E-state index is 12.0. The molecule has 2 aromatic carbocycles. The average molecular weight is 374 g/mol. The second-order valence-corrected chi connectivity index (χ2v) is 5.52. The summed E-state index contributed by atoms with van der Waals surface area (Å²) < 4.78 is 5.03. The number of carbonyl (C=O) groups is 1. The summed E-state index contributed by atoms with van der Waals surface area (Å²) in [7, 11) is 0. The number of hydrogen-bond donors (Lipinski definition) is 0. The molecule has 0 bridgehead atoms. The van der Waals surface area contributed by atoms with Crippen molar-refractivity contribution in [3.63, 3.8) is 0 Å². The van der Waals surface area contributed by atoms with Gasteiger partial charge in [0, 0.05) is 23.8 Å². The van der Waals surface area contributed by atoms with Gasteiger partial charge in [0.05, 0.1) is 9.85 Å². The molecule has 0 saturated carbocycles. The number of non-ortho nitro benzene ring substituents is 1. The lowest BCUT2D eigenvalue weighted by Gasteiger charge is -1.98.